The molecule has 1 amide bonds. The standard InChI is InChI=1S/C11H17N3O3S/c1-6(2)12-9(15)7(3)13-11-14-8(5-18-11)10(16)17-4/h5-7H,1-4H3,(H,12,15)(H,13,14). The Morgan fingerprint density at radius 3 is 2.61 bits per heavy atom. The van der Waals surface area contributed by atoms with E-state index in [1.54, 1.807) is 12.3 Å². The third-order valence-corrected chi connectivity index (χ3v) is 2.84. The smallest absolute Gasteiger partial charge is 0.357 e. The summed E-state index contributed by atoms with van der Waals surface area (Å²) in [5.41, 5.74) is 0.237. The minimum absolute atomic E-state index is 0.0867. The van der Waals surface area contributed by atoms with Crippen LogP contribution in [0.5, 0.6) is 0 Å². The van der Waals surface area contributed by atoms with Gasteiger partial charge in [0.25, 0.3) is 0 Å². The van der Waals surface area contributed by atoms with Crippen molar-refractivity contribution in [3.8, 4) is 0 Å². The Bertz CT molecular complexity index is 431. The summed E-state index contributed by atoms with van der Waals surface area (Å²) in [7, 11) is 1.30. The number of aromatic nitrogens is 1. The van der Waals surface area contributed by atoms with Crippen molar-refractivity contribution in [1.29, 1.82) is 0 Å². The van der Waals surface area contributed by atoms with E-state index >= 15 is 0 Å². The highest BCUT2D eigenvalue weighted by atomic mass is 32.1. The van der Waals surface area contributed by atoms with Crippen LogP contribution in [0.1, 0.15) is 31.3 Å². The van der Waals surface area contributed by atoms with Crippen molar-refractivity contribution in [1.82, 2.24) is 10.3 Å². The molecule has 7 heteroatoms. The fourth-order valence-corrected chi connectivity index (χ4v) is 1.97. The summed E-state index contributed by atoms with van der Waals surface area (Å²) in [6.45, 7) is 5.52. The number of nitrogens with one attached hydrogen (secondary N) is 2. The molecule has 0 aliphatic heterocycles. The van der Waals surface area contributed by atoms with Crippen LogP contribution in [-0.2, 0) is 9.53 Å². The van der Waals surface area contributed by atoms with Gasteiger partial charge in [-0.05, 0) is 20.8 Å². The van der Waals surface area contributed by atoms with E-state index in [1.165, 1.54) is 18.4 Å². The minimum atomic E-state index is -0.487. The average Bonchev–Trinajstić information content (AvgIpc) is 2.75. The molecule has 0 radical (unpaired) electrons. The van der Waals surface area contributed by atoms with Crippen LogP contribution in [0.3, 0.4) is 0 Å². The normalized spacial score (nSPS) is 12.1. The minimum Gasteiger partial charge on any atom is -0.464 e. The molecular weight excluding hydrogens is 254 g/mol. The molecule has 1 aromatic rings. The largest absolute Gasteiger partial charge is 0.464 e. The predicted octanol–water partition coefficient (Wildman–Crippen LogP) is 1.25. The molecule has 0 aliphatic carbocycles. The number of anilines is 1. The fourth-order valence-electron chi connectivity index (χ4n) is 1.20. The van der Waals surface area contributed by atoms with E-state index in [9.17, 15) is 9.59 Å². The van der Waals surface area contributed by atoms with Gasteiger partial charge in [-0.3, -0.25) is 4.79 Å². The number of hydrogen-bond acceptors (Lipinski definition) is 6. The van der Waals surface area contributed by atoms with Gasteiger partial charge in [0.15, 0.2) is 10.8 Å². The summed E-state index contributed by atoms with van der Waals surface area (Å²) in [5, 5.41) is 7.82. The Kier molecular flexibility index (Phi) is 5.08. The van der Waals surface area contributed by atoms with Gasteiger partial charge in [-0.1, -0.05) is 0 Å². The summed E-state index contributed by atoms with van der Waals surface area (Å²) in [6.07, 6.45) is 0. The van der Waals surface area contributed by atoms with E-state index in [4.69, 9.17) is 0 Å². The van der Waals surface area contributed by atoms with Crippen LogP contribution in [0.4, 0.5) is 5.13 Å². The van der Waals surface area contributed by atoms with Crippen molar-refractivity contribution >= 4 is 28.3 Å². The lowest BCUT2D eigenvalue weighted by Crippen LogP contribution is -2.40. The second-order valence-corrected chi connectivity index (χ2v) is 4.92. The molecule has 2 N–H and O–H groups in total. The molecule has 0 saturated heterocycles. The quantitative estimate of drug-likeness (QED) is 0.788. The van der Waals surface area contributed by atoms with Crippen molar-refractivity contribution in [2.75, 3.05) is 12.4 Å². The van der Waals surface area contributed by atoms with E-state index < -0.39 is 12.0 Å². The maximum absolute atomic E-state index is 11.7. The van der Waals surface area contributed by atoms with Gasteiger partial charge < -0.3 is 15.4 Å². The molecule has 100 valence electrons. The molecule has 0 bridgehead atoms. The maximum Gasteiger partial charge on any atom is 0.357 e. The molecule has 1 heterocycles. The lowest BCUT2D eigenvalue weighted by Gasteiger charge is -2.15. The number of hydrogen-bond donors (Lipinski definition) is 2. The summed E-state index contributed by atoms with van der Waals surface area (Å²) in [4.78, 5) is 26.9. The molecule has 1 unspecified atom stereocenters. The molecule has 1 rings (SSSR count). The lowest BCUT2D eigenvalue weighted by molar-refractivity contribution is -0.122. The van der Waals surface area contributed by atoms with Crippen LogP contribution < -0.4 is 10.6 Å². The summed E-state index contributed by atoms with van der Waals surface area (Å²) in [5.74, 6) is -0.599. The number of esters is 1. The van der Waals surface area contributed by atoms with E-state index in [0.29, 0.717) is 5.13 Å². The Labute approximate surface area is 110 Å². The molecule has 0 aromatic carbocycles. The van der Waals surface area contributed by atoms with E-state index in [1.807, 2.05) is 13.8 Å². The first-order chi connectivity index (χ1) is 8.43. The Balaban J connectivity index is 2.59. The first-order valence-electron chi connectivity index (χ1n) is 5.54. The number of carbonyl (C=O) groups is 2. The van der Waals surface area contributed by atoms with E-state index in [-0.39, 0.29) is 17.6 Å². The topological polar surface area (TPSA) is 80.3 Å². The fraction of sp³-hybridized carbons (Fsp3) is 0.545. The first-order valence-corrected chi connectivity index (χ1v) is 6.42. The van der Waals surface area contributed by atoms with E-state index in [2.05, 4.69) is 20.4 Å². The SMILES string of the molecule is COC(=O)c1csc(NC(C)C(=O)NC(C)C)n1. The Hall–Kier alpha value is -1.63. The van der Waals surface area contributed by atoms with Crippen LogP contribution in [0.2, 0.25) is 0 Å². The molecule has 0 spiro atoms. The van der Waals surface area contributed by atoms with Gasteiger partial charge in [0.2, 0.25) is 5.91 Å². The predicted molar refractivity (Wildman–Crippen MR) is 69.8 cm³/mol. The zero-order chi connectivity index (χ0) is 13.7. The van der Waals surface area contributed by atoms with Gasteiger partial charge in [0, 0.05) is 11.4 Å². The number of ether oxygens (including phenoxy) is 1. The van der Waals surface area contributed by atoms with Gasteiger partial charge in [-0.2, -0.15) is 0 Å². The number of nitrogens with zero attached hydrogens (tertiary/aromatic N) is 1. The Morgan fingerprint density at radius 2 is 2.06 bits per heavy atom. The van der Waals surface area contributed by atoms with Crippen molar-refractivity contribution in [2.45, 2.75) is 32.9 Å². The second kappa shape index (κ2) is 6.34. The van der Waals surface area contributed by atoms with Crippen LogP contribution in [0.25, 0.3) is 0 Å². The number of carbonyl (C=O) groups excluding carboxylic acids is 2. The number of methoxy groups -OCH3 is 1. The van der Waals surface area contributed by atoms with Crippen molar-refractivity contribution < 1.29 is 14.3 Å². The highest BCUT2D eigenvalue weighted by Crippen LogP contribution is 2.16. The highest BCUT2D eigenvalue weighted by Gasteiger charge is 2.16. The zero-order valence-corrected chi connectivity index (χ0v) is 11.6. The molecular formula is C11H17N3O3S. The van der Waals surface area contributed by atoms with Gasteiger partial charge in [0.1, 0.15) is 6.04 Å². The molecule has 0 saturated carbocycles. The molecule has 1 atom stereocenters. The molecule has 18 heavy (non-hydrogen) atoms. The summed E-state index contributed by atoms with van der Waals surface area (Å²) < 4.78 is 4.55. The third kappa shape index (κ3) is 3.99. The van der Waals surface area contributed by atoms with Crippen molar-refractivity contribution in [3.63, 3.8) is 0 Å². The van der Waals surface area contributed by atoms with Crippen LogP contribution in [0.15, 0.2) is 5.38 Å². The molecule has 0 fully saturated rings. The lowest BCUT2D eigenvalue weighted by atomic mass is 10.3. The molecule has 6 nitrogen and oxygen atoms in total. The highest BCUT2D eigenvalue weighted by molar-refractivity contribution is 7.13. The van der Waals surface area contributed by atoms with Crippen LogP contribution in [0, 0.1) is 0 Å². The third-order valence-electron chi connectivity index (χ3n) is 2.06. The number of amides is 1. The van der Waals surface area contributed by atoms with Gasteiger partial charge >= 0.3 is 5.97 Å². The van der Waals surface area contributed by atoms with Gasteiger partial charge in [-0.15, -0.1) is 11.3 Å². The number of rotatable bonds is 5. The molecule has 0 aliphatic rings. The average molecular weight is 271 g/mol. The van der Waals surface area contributed by atoms with Gasteiger partial charge in [-0.25, -0.2) is 9.78 Å². The van der Waals surface area contributed by atoms with Crippen molar-refractivity contribution in [3.05, 3.63) is 11.1 Å². The van der Waals surface area contributed by atoms with E-state index in [0.717, 1.165) is 0 Å². The van der Waals surface area contributed by atoms with Crippen molar-refractivity contribution in [2.24, 2.45) is 0 Å². The zero-order valence-electron chi connectivity index (χ0n) is 10.8. The summed E-state index contributed by atoms with van der Waals surface area (Å²) >= 11 is 1.25. The number of thiazole rings is 1. The molecule has 1 aromatic heterocycles. The van der Waals surface area contributed by atoms with Crippen LogP contribution >= 0.6 is 11.3 Å². The van der Waals surface area contributed by atoms with Gasteiger partial charge in [0.05, 0.1) is 7.11 Å². The maximum atomic E-state index is 11.7. The Morgan fingerprint density at radius 1 is 1.39 bits per heavy atom. The monoisotopic (exact) mass is 271 g/mol. The second-order valence-electron chi connectivity index (χ2n) is 4.06. The van der Waals surface area contributed by atoms with Crippen LogP contribution in [-0.4, -0.2) is 36.1 Å². The first kappa shape index (κ1) is 14.4. The summed E-state index contributed by atoms with van der Waals surface area (Å²) in [6, 6.07) is -0.326.